The van der Waals surface area contributed by atoms with Crippen LogP contribution in [0.25, 0.3) is 0 Å². The van der Waals surface area contributed by atoms with Crippen LogP contribution in [-0.4, -0.2) is 52.7 Å². The lowest BCUT2D eigenvalue weighted by Gasteiger charge is -2.33. The highest BCUT2D eigenvalue weighted by Crippen LogP contribution is 2.37. The second kappa shape index (κ2) is 8.27. The molecule has 0 bridgehead atoms. The Hall–Kier alpha value is -2.83. The number of fused-ring (bicyclic) bond motifs is 1. The van der Waals surface area contributed by atoms with E-state index in [9.17, 15) is 9.59 Å². The number of carbonyl (C=O) groups is 2. The second-order valence-electron chi connectivity index (χ2n) is 8.13. The number of aryl methyl sites for hydroxylation is 1. The third-order valence-electron chi connectivity index (χ3n) is 6.24. The quantitative estimate of drug-likeness (QED) is 0.841. The van der Waals surface area contributed by atoms with Crippen molar-refractivity contribution < 1.29 is 14.3 Å². The summed E-state index contributed by atoms with van der Waals surface area (Å²) in [6, 6.07) is 7.51. The Morgan fingerprint density at radius 3 is 2.86 bits per heavy atom. The van der Waals surface area contributed by atoms with Gasteiger partial charge in [-0.05, 0) is 55.5 Å². The first-order valence-corrected chi connectivity index (χ1v) is 10.3. The highest BCUT2D eigenvalue weighted by Gasteiger charge is 2.42. The average Bonchev–Trinajstić information content (AvgIpc) is 3.37. The molecule has 1 aliphatic carbocycles. The molecule has 29 heavy (non-hydrogen) atoms. The van der Waals surface area contributed by atoms with Crippen LogP contribution in [-0.2, 0) is 11.3 Å². The van der Waals surface area contributed by atoms with Crippen LogP contribution in [0.2, 0.25) is 0 Å². The van der Waals surface area contributed by atoms with Crippen molar-refractivity contribution in [1.29, 1.82) is 0 Å². The van der Waals surface area contributed by atoms with Crippen LogP contribution in [0.15, 0.2) is 36.7 Å². The molecule has 2 aliphatic rings. The topological polar surface area (TPSA) is 76.5 Å². The Morgan fingerprint density at radius 2 is 2.14 bits per heavy atom. The van der Waals surface area contributed by atoms with Crippen molar-refractivity contribution in [2.24, 2.45) is 11.8 Å². The Balaban J connectivity index is 1.41. The van der Waals surface area contributed by atoms with Crippen molar-refractivity contribution >= 4 is 11.8 Å². The van der Waals surface area contributed by atoms with Crippen LogP contribution in [0.1, 0.15) is 35.2 Å². The zero-order chi connectivity index (χ0) is 20.4. The van der Waals surface area contributed by atoms with Crippen LogP contribution in [0.4, 0.5) is 0 Å². The van der Waals surface area contributed by atoms with Crippen molar-refractivity contribution in [3.63, 3.8) is 0 Å². The summed E-state index contributed by atoms with van der Waals surface area (Å²) in [6.07, 6.45) is 6.62. The molecule has 7 nitrogen and oxygen atoms in total. The van der Waals surface area contributed by atoms with Gasteiger partial charge < -0.3 is 15.0 Å². The molecule has 1 aromatic carbocycles. The zero-order valence-electron chi connectivity index (χ0n) is 17.0. The molecule has 0 unspecified atom stereocenters. The molecule has 2 aromatic rings. The molecule has 1 aromatic heterocycles. The highest BCUT2D eigenvalue weighted by molar-refractivity contribution is 5.94. The van der Waals surface area contributed by atoms with Gasteiger partial charge in [-0.2, -0.15) is 5.10 Å². The van der Waals surface area contributed by atoms with Crippen LogP contribution < -0.4 is 10.1 Å². The number of hydrogen-bond donors (Lipinski definition) is 1. The minimum absolute atomic E-state index is 0.0186. The fourth-order valence-corrected chi connectivity index (χ4v) is 4.80. The number of benzene rings is 1. The van der Waals surface area contributed by atoms with Gasteiger partial charge in [0.25, 0.3) is 5.91 Å². The number of ether oxygens (including phenoxy) is 1. The Morgan fingerprint density at radius 1 is 1.28 bits per heavy atom. The summed E-state index contributed by atoms with van der Waals surface area (Å²) < 4.78 is 6.93. The lowest BCUT2D eigenvalue weighted by Crippen LogP contribution is -2.46. The van der Waals surface area contributed by atoms with Gasteiger partial charge in [-0.3, -0.25) is 14.3 Å². The number of likely N-dealkylation sites (tertiary alicyclic amines) is 1. The number of amides is 2. The summed E-state index contributed by atoms with van der Waals surface area (Å²) in [7, 11) is 1.63. The van der Waals surface area contributed by atoms with Gasteiger partial charge in [0, 0.05) is 43.0 Å². The van der Waals surface area contributed by atoms with E-state index in [1.54, 1.807) is 24.2 Å². The fourth-order valence-electron chi connectivity index (χ4n) is 4.80. The Labute approximate surface area is 171 Å². The molecule has 3 atom stereocenters. The van der Waals surface area contributed by atoms with E-state index in [-0.39, 0.29) is 24.4 Å². The van der Waals surface area contributed by atoms with Crippen molar-refractivity contribution in [1.82, 2.24) is 20.0 Å². The van der Waals surface area contributed by atoms with E-state index in [1.165, 1.54) is 0 Å². The third kappa shape index (κ3) is 4.13. The molecule has 7 heteroatoms. The molecule has 2 amide bonds. The van der Waals surface area contributed by atoms with Gasteiger partial charge in [0.15, 0.2) is 0 Å². The number of nitrogens with one attached hydrogen (secondary N) is 1. The van der Waals surface area contributed by atoms with Crippen LogP contribution in [0.3, 0.4) is 0 Å². The van der Waals surface area contributed by atoms with Gasteiger partial charge >= 0.3 is 0 Å². The number of methoxy groups -OCH3 is 1. The maximum atomic E-state index is 13.1. The van der Waals surface area contributed by atoms with Gasteiger partial charge in [-0.15, -0.1) is 0 Å². The van der Waals surface area contributed by atoms with E-state index in [1.807, 2.05) is 36.1 Å². The lowest BCUT2D eigenvalue weighted by molar-refractivity contribution is -0.123. The summed E-state index contributed by atoms with van der Waals surface area (Å²) in [5, 5.41) is 7.30. The number of rotatable bonds is 5. The number of aromatic nitrogens is 2. The largest absolute Gasteiger partial charge is 0.496 e. The predicted molar refractivity (Wildman–Crippen MR) is 109 cm³/mol. The standard InChI is InChI=1S/C22H28N4O3/c1-15-11-16(7-8-20(15)29-2)22(28)25-12-17-5-3-6-19(18(17)13-25)24-21(27)14-26-10-4-9-23-26/h4,7-11,17-19H,3,5-6,12-14H2,1-2H3,(H,24,27)/t17-,18+,19-/m0/s1. The zero-order valence-corrected chi connectivity index (χ0v) is 17.0. The summed E-state index contributed by atoms with van der Waals surface area (Å²) in [5.41, 5.74) is 1.65. The average molecular weight is 396 g/mol. The minimum Gasteiger partial charge on any atom is -0.496 e. The smallest absolute Gasteiger partial charge is 0.253 e. The van der Waals surface area contributed by atoms with E-state index >= 15 is 0 Å². The first kappa shape index (κ1) is 19.5. The first-order valence-electron chi connectivity index (χ1n) is 10.3. The number of nitrogens with zero attached hydrogens (tertiary/aromatic N) is 3. The van der Waals surface area contributed by atoms with Crippen molar-refractivity contribution in [2.45, 2.75) is 38.8 Å². The normalized spacial score (nSPS) is 23.5. The SMILES string of the molecule is COc1ccc(C(=O)N2C[C@@H]3CCC[C@H](NC(=O)Cn4cccn4)[C@@H]3C2)cc1C. The fraction of sp³-hybridized carbons (Fsp3) is 0.500. The molecule has 0 spiro atoms. The first-order chi connectivity index (χ1) is 14.0. The Kier molecular flexibility index (Phi) is 5.56. The van der Waals surface area contributed by atoms with E-state index < -0.39 is 0 Å². The van der Waals surface area contributed by atoms with Gasteiger partial charge in [-0.25, -0.2) is 0 Å². The molecular weight excluding hydrogens is 368 g/mol. The maximum Gasteiger partial charge on any atom is 0.253 e. The molecule has 4 rings (SSSR count). The molecule has 1 saturated carbocycles. The van der Waals surface area contributed by atoms with E-state index in [4.69, 9.17) is 4.74 Å². The molecule has 1 aliphatic heterocycles. The monoisotopic (exact) mass is 396 g/mol. The highest BCUT2D eigenvalue weighted by atomic mass is 16.5. The predicted octanol–water partition coefficient (Wildman–Crippen LogP) is 2.26. The molecule has 1 N–H and O–H groups in total. The summed E-state index contributed by atoms with van der Waals surface area (Å²) in [5.74, 6) is 1.59. The van der Waals surface area contributed by atoms with Gasteiger partial charge in [-0.1, -0.05) is 6.42 Å². The van der Waals surface area contributed by atoms with Crippen LogP contribution in [0, 0.1) is 18.8 Å². The third-order valence-corrected chi connectivity index (χ3v) is 6.24. The number of hydrogen-bond acceptors (Lipinski definition) is 4. The van der Waals surface area contributed by atoms with Crippen molar-refractivity contribution in [3.8, 4) is 5.75 Å². The van der Waals surface area contributed by atoms with Gasteiger partial charge in [0.2, 0.25) is 5.91 Å². The lowest BCUT2D eigenvalue weighted by atomic mass is 9.78. The molecule has 2 heterocycles. The molecule has 0 radical (unpaired) electrons. The van der Waals surface area contributed by atoms with Crippen molar-refractivity contribution in [2.75, 3.05) is 20.2 Å². The molecular formula is C22H28N4O3. The minimum atomic E-state index is -0.0186. The second-order valence-corrected chi connectivity index (χ2v) is 8.13. The van der Waals surface area contributed by atoms with Crippen LogP contribution >= 0.6 is 0 Å². The van der Waals surface area contributed by atoms with E-state index in [2.05, 4.69) is 10.4 Å². The number of carbonyl (C=O) groups excluding carboxylic acids is 2. The maximum absolute atomic E-state index is 13.1. The molecule has 154 valence electrons. The summed E-state index contributed by atoms with van der Waals surface area (Å²) in [6.45, 7) is 3.64. The van der Waals surface area contributed by atoms with Crippen molar-refractivity contribution in [3.05, 3.63) is 47.8 Å². The molecule has 2 fully saturated rings. The van der Waals surface area contributed by atoms with Gasteiger partial charge in [0.05, 0.1) is 7.11 Å². The van der Waals surface area contributed by atoms with Gasteiger partial charge in [0.1, 0.15) is 12.3 Å². The van der Waals surface area contributed by atoms with E-state index in [0.29, 0.717) is 23.9 Å². The summed E-state index contributed by atoms with van der Waals surface area (Å²) in [4.78, 5) is 27.5. The Bertz CT molecular complexity index is 880. The summed E-state index contributed by atoms with van der Waals surface area (Å²) >= 11 is 0. The molecule has 1 saturated heterocycles. The van der Waals surface area contributed by atoms with Crippen LogP contribution in [0.5, 0.6) is 5.75 Å². The van der Waals surface area contributed by atoms with E-state index in [0.717, 1.165) is 37.1 Å².